The average molecular weight is 257 g/mol. The number of alkyl halides is 6. The van der Waals surface area contributed by atoms with Crippen LogP contribution < -0.4 is 0 Å². The lowest BCUT2D eigenvalue weighted by Gasteiger charge is -2.04. The predicted molar refractivity (Wildman–Crippen MR) is 36.8 cm³/mol. The molecule has 0 aliphatic carbocycles. The minimum atomic E-state index is -4.63. The van der Waals surface area contributed by atoms with Crippen LogP contribution in [0.3, 0.4) is 0 Å². The standard InChI is InChI=1S/C5H7F6O3Si/c1-12-15(13-2-4(6,7)8)14-3-5(9,10)11/h2-3H2,1H3/q+1. The first-order chi connectivity index (χ1) is 6.64. The van der Waals surface area contributed by atoms with Gasteiger partial charge in [-0.3, -0.25) is 0 Å². The third-order valence-electron chi connectivity index (χ3n) is 0.874. The number of hydrogen-bond acceptors (Lipinski definition) is 3. The third-order valence-corrected chi connectivity index (χ3v) is 1.97. The number of rotatable bonds is 5. The summed E-state index contributed by atoms with van der Waals surface area (Å²) in [5.41, 5.74) is 0. The van der Waals surface area contributed by atoms with Gasteiger partial charge in [0, 0.05) is 0 Å². The van der Waals surface area contributed by atoms with E-state index in [1.54, 1.807) is 0 Å². The van der Waals surface area contributed by atoms with Gasteiger partial charge < -0.3 is 0 Å². The Balaban J connectivity index is 3.84. The van der Waals surface area contributed by atoms with Gasteiger partial charge in [0.05, 0.1) is 7.11 Å². The lowest BCUT2D eigenvalue weighted by atomic mass is 10.7. The zero-order valence-electron chi connectivity index (χ0n) is 7.41. The molecule has 0 aromatic carbocycles. The zero-order valence-corrected chi connectivity index (χ0v) is 8.41. The molecule has 0 fully saturated rings. The summed E-state index contributed by atoms with van der Waals surface area (Å²) in [6, 6.07) is 0. The molecule has 10 heteroatoms. The van der Waals surface area contributed by atoms with Crippen LogP contribution in [0.4, 0.5) is 26.3 Å². The molecule has 0 aromatic heterocycles. The van der Waals surface area contributed by atoms with Crippen molar-refractivity contribution in [1.29, 1.82) is 0 Å². The summed E-state index contributed by atoms with van der Waals surface area (Å²) in [5, 5.41) is 0. The van der Waals surface area contributed by atoms with Crippen LogP contribution in [0, 0.1) is 0 Å². The summed E-state index contributed by atoms with van der Waals surface area (Å²) in [7, 11) is -2.09. The molecule has 90 valence electrons. The van der Waals surface area contributed by atoms with Crippen LogP contribution in [0.15, 0.2) is 0 Å². The van der Waals surface area contributed by atoms with Crippen molar-refractivity contribution in [3.8, 4) is 0 Å². The fourth-order valence-electron chi connectivity index (χ4n) is 0.441. The van der Waals surface area contributed by atoms with E-state index in [-0.39, 0.29) is 0 Å². The first kappa shape index (κ1) is 14.7. The highest BCUT2D eigenvalue weighted by Crippen LogP contribution is 2.17. The molecule has 0 aliphatic heterocycles. The van der Waals surface area contributed by atoms with E-state index in [4.69, 9.17) is 0 Å². The molecule has 15 heavy (non-hydrogen) atoms. The van der Waals surface area contributed by atoms with Gasteiger partial charge >= 0.3 is 21.9 Å². The Morgan fingerprint density at radius 2 is 1.20 bits per heavy atom. The molecule has 0 aliphatic rings. The van der Waals surface area contributed by atoms with Gasteiger partial charge in [-0.15, -0.1) is 0 Å². The SMILES string of the molecule is CO[Si+](OCC(F)(F)F)OCC(F)(F)F. The summed E-state index contributed by atoms with van der Waals surface area (Å²) in [5.74, 6) is 0. The van der Waals surface area contributed by atoms with Crippen LogP contribution >= 0.6 is 0 Å². The Bertz CT molecular complexity index is 163. The zero-order chi connectivity index (χ0) is 12.1. The van der Waals surface area contributed by atoms with Crippen molar-refractivity contribution in [2.45, 2.75) is 12.4 Å². The van der Waals surface area contributed by atoms with E-state index in [1.165, 1.54) is 0 Å². The molecule has 0 bridgehead atoms. The van der Waals surface area contributed by atoms with Crippen molar-refractivity contribution in [3.05, 3.63) is 0 Å². The topological polar surface area (TPSA) is 27.7 Å². The van der Waals surface area contributed by atoms with E-state index >= 15 is 0 Å². The molecule has 0 amide bonds. The van der Waals surface area contributed by atoms with E-state index in [0.717, 1.165) is 7.11 Å². The van der Waals surface area contributed by atoms with Crippen LogP contribution in [0.5, 0.6) is 0 Å². The highest BCUT2D eigenvalue weighted by molar-refractivity contribution is 6.36. The Morgan fingerprint density at radius 1 is 0.867 bits per heavy atom. The molecule has 0 rings (SSSR count). The number of hydrogen-bond donors (Lipinski definition) is 0. The Morgan fingerprint density at radius 3 is 1.40 bits per heavy atom. The van der Waals surface area contributed by atoms with E-state index in [9.17, 15) is 26.3 Å². The second kappa shape index (κ2) is 5.68. The van der Waals surface area contributed by atoms with E-state index in [0.29, 0.717) is 0 Å². The number of halogens is 6. The van der Waals surface area contributed by atoms with Gasteiger partial charge in [-0.2, -0.15) is 39.6 Å². The van der Waals surface area contributed by atoms with Crippen molar-refractivity contribution in [2.24, 2.45) is 0 Å². The van der Waals surface area contributed by atoms with E-state index < -0.39 is 35.1 Å². The smallest absolute Gasteiger partial charge is 0.193 e. The van der Waals surface area contributed by atoms with Gasteiger partial charge in [0.15, 0.2) is 13.2 Å². The molecular weight excluding hydrogens is 250 g/mol. The van der Waals surface area contributed by atoms with Gasteiger partial charge in [-0.05, 0) is 0 Å². The Hall–Kier alpha value is -0.323. The van der Waals surface area contributed by atoms with Gasteiger partial charge in [-0.1, -0.05) is 0 Å². The van der Waals surface area contributed by atoms with Crippen molar-refractivity contribution in [3.63, 3.8) is 0 Å². The molecule has 0 saturated carbocycles. The Kier molecular flexibility index (Phi) is 5.55. The quantitative estimate of drug-likeness (QED) is 0.555. The van der Waals surface area contributed by atoms with Crippen molar-refractivity contribution < 1.29 is 39.6 Å². The molecule has 0 unspecified atom stereocenters. The maximum absolute atomic E-state index is 11.6. The largest absolute Gasteiger partial charge is 0.832 e. The highest BCUT2D eigenvalue weighted by atomic mass is 28.3. The van der Waals surface area contributed by atoms with Crippen molar-refractivity contribution >= 4 is 9.53 Å². The molecule has 0 radical (unpaired) electrons. The average Bonchev–Trinajstić information content (AvgIpc) is 2.00. The minimum absolute atomic E-state index is 0.904. The Labute approximate surface area is 82.9 Å². The molecular formula is C5H7F6O3Si+. The first-order valence-electron chi connectivity index (χ1n) is 3.44. The fourth-order valence-corrected chi connectivity index (χ4v) is 1.32. The van der Waals surface area contributed by atoms with Crippen LogP contribution in [0.25, 0.3) is 0 Å². The van der Waals surface area contributed by atoms with Crippen molar-refractivity contribution in [1.82, 2.24) is 0 Å². The third kappa shape index (κ3) is 9.97. The van der Waals surface area contributed by atoms with Gasteiger partial charge in [0.25, 0.3) is 0 Å². The molecule has 3 nitrogen and oxygen atoms in total. The summed E-state index contributed by atoms with van der Waals surface area (Å²) < 4.78 is 81.7. The van der Waals surface area contributed by atoms with Gasteiger partial charge in [0.1, 0.15) is 0 Å². The van der Waals surface area contributed by atoms with E-state index in [2.05, 4.69) is 13.3 Å². The van der Waals surface area contributed by atoms with Crippen LogP contribution in [-0.2, 0) is 13.3 Å². The molecule has 0 spiro atoms. The minimum Gasteiger partial charge on any atom is -0.193 e. The van der Waals surface area contributed by atoms with Crippen LogP contribution in [0.1, 0.15) is 0 Å². The summed E-state index contributed by atoms with van der Waals surface area (Å²) >= 11 is 0. The molecule has 0 N–H and O–H groups in total. The molecule has 0 atom stereocenters. The summed E-state index contributed by atoms with van der Waals surface area (Å²) in [6.45, 7) is -3.40. The predicted octanol–water partition coefficient (Wildman–Crippen LogP) is 1.78. The first-order valence-corrected chi connectivity index (χ1v) is 4.66. The van der Waals surface area contributed by atoms with Crippen LogP contribution in [-0.4, -0.2) is 42.2 Å². The van der Waals surface area contributed by atoms with Gasteiger partial charge in [0.2, 0.25) is 0 Å². The highest BCUT2D eigenvalue weighted by Gasteiger charge is 2.45. The second-order valence-corrected chi connectivity index (χ2v) is 3.75. The maximum atomic E-state index is 11.6. The lowest BCUT2D eigenvalue weighted by molar-refractivity contribution is -0.174. The molecule has 0 aromatic rings. The summed E-state index contributed by atoms with van der Waals surface area (Å²) in [6.07, 6.45) is -9.26. The summed E-state index contributed by atoms with van der Waals surface area (Å²) in [4.78, 5) is 0. The normalized spacial score (nSPS) is 13.0. The molecule has 0 heterocycles. The maximum Gasteiger partial charge on any atom is 0.832 e. The van der Waals surface area contributed by atoms with Gasteiger partial charge in [-0.25, -0.2) is 0 Å². The van der Waals surface area contributed by atoms with E-state index in [1.807, 2.05) is 0 Å². The molecule has 0 saturated heterocycles. The fraction of sp³-hybridized carbons (Fsp3) is 1.00. The van der Waals surface area contributed by atoms with Crippen molar-refractivity contribution in [2.75, 3.05) is 20.3 Å². The second-order valence-electron chi connectivity index (χ2n) is 2.26. The lowest BCUT2D eigenvalue weighted by Crippen LogP contribution is -2.34. The van der Waals surface area contributed by atoms with Crippen LogP contribution in [0.2, 0.25) is 0 Å². The monoisotopic (exact) mass is 257 g/mol.